The third-order valence-corrected chi connectivity index (χ3v) is 3.70. The first-order valence-corrected chi connectivity index (χ1v) is 6.82. The predicted molar refractivity (Wildman–Crippen MR) is 73.4 cm³/mol. The van der Waals surface area contributed by atoms with Gasteiger partial charge < -0.3 is 10.2 Å². The van der Waals surface area contributed by atoms with Gasteiger partial charge in [0.2, 0.25) is 0 Å². The number of nitrogens with one attached hydrogen (secondary N) is 1. The summed E-state index contributed by atoms with van der Waals surface area (Å²) in [5, 5.41) is 4.40. The van der Waals surface area contributed by atoms with E-state index in [1.54, 1.807) is 0 Å². The molecule has 0 aromatic heterocycles. The lowest BCUT2D eigenvalue weighted by atomic mass is 10.2. The molecular formula is C14H21ClN2. The van der Waals surface area contributed by atoms with Gasteiger partial charge in [-0.3, -0.25) is 0 Å². The van der Waals surface area contributed by atoms with Crippen LogP contribution in [0.2, 0.25) is 5.02 Å². The van der Waals surface area contributed by atoms with Gasteiger partial charge in [-0.15, -0.1) is 0 Å². The van der Waals surface area contributed by atoms with Crippen molar-refractivity contribution in [3.05, 3.63) is 34.9 Å². The van der Waals surface area contributed by atoms with Crippen LogP contribution in [-0.4, -0.2) is 30.6 Å². The number of hydrogen-bond acceptors (Lipinski definition) is 2. The van der Waals surface area contributed by atoms with Crippen molar-refractivity contribution in [2.24, 2.45) is 0 Å². The Balaban J connectivity index is 1.75. The first-order valence-electron chi connectivity index (χ1n) is 6.45. The highest BCUT2D eigenvalue weighted by molar-refractivity contribution is 6.31. The molecule has 2 nitrogen and oxygen atoms in total. The largest absolute Gasteiger partial charge is 0.309 e. The van der Waals surface area contributed by atoms with Crippen LogP contribution in [0.5, 0.6) is 0 Å². The Labute approximate surface area is 109 Å². The molecule has 3 heteroatoms. The van der Waals surface area contributed by atoms with Crippen molar-refractivity contribution in [2.75, 3.05) is 19.6 Å². The van der Waals surface area contributed by atoms with E-state index >= 15 is 0 Å². The third kappa shape index (κ3) is 3.98. The summed E-state index contributed by atoms with van der Waals surface area (Å²) in [6.07, 6.45) is 2.72. The van der Waals surface area contributed by atoms with Gasteiger partial charge in [-0.25, -0.2) is 0 Å². The Morgan fingerprint density at radius 2 is 2.00 bits per heavy atom. The van der Waals surface area contributed by atoms with E-state index in [0.29, 0.717) is 6.04 Å². The van der Waals surface area contributed by atoms with Crippen LogP contribution in [0.4, 0.5) is 0 Å². The fourth-order valence-electron chi connectivity index (χ4n) is 2.34. The molecule has 17 heavy (non-hydrogen) atoms. The molecule has 1 fully saturated rings. The molecule has 1 aromatic carbocycles. The van der Waals surface area contributed by atoms with E-state index in [0.717, 1.165) is 18.1 Å². The van der Waals surface area contributed by atoms with Crippen LogP contribution in [-0.2, 0) is 6.54 Å². The van der Waals surface area contributed by atoms with Crippen LogP contribution in [0.3, 0.4) is 0 Å². The summed E-state index contributed by atoms with van der Waals surface area (Å²) in [7, 11) is 0. The molecule has 94 valence electrons. The Morgan fingerprint density at radius 1 is 1.29 bits per heavy atom. The minimum absolute atomic E-state index is 0.518. The molecule has 0 radical (unpaired) electrons. The summed E-state index contributed by atoms with van der Waals surface area (Å²) in [4.78, 5) is 2.53. The lowest BCUT2D eigenvalue weighted by Gasteiger charge is -2.21. The van der Waals surface area contributed by atoms with Gasteiger partial charge in [0.15, 0.2) is 0 Å². The number of likely N-dealkylation sites (tertiary alicyclic amines) is 1. The van der Waals surface area contributed by atoms with E-state index in [4.69, 9.17) is 11.6 Å². The lowest BCUT2D eigenvalue weighted by molar-refractivity contribution is 0.298. The normalized spacial score (nSPS) is 18.5. The lowest BCUT2D eigenvalue weighted by Crippen LogP contribution is -2.37. The van der Waals surface area contributed by atoms with E-state index in [1.807, 2.05) is 18.2 Å². The maximum atomic E-state index is 6.13. The summed E-state index contributed by atoms with van der Waals surface area (Å²) >= 11 is 6.13. The highest BCUT2D eigenvalue weighted by atomic mass is 35.5. The number of halogens is 1. The summed E-state index contributed by atoms with van der Waals surface area (Å²) in [5.74, 6) is 0. The average Bonchev–Trinajstić information content (AvgIpc) is 2.81. The molecule has 0 spiro atoms. The molecule has 1 N–H and O–H groups in total. The van der Waals surface area contributed by atoms with Gasteiger partial charge in [-0.2, -0.15) is 0 Å². The van der Waals surface area contributed by atoms with Crippen LogP contribution in [0.25, 0.3) is 0 Å². The van der Waals surface area contributed by atoms with Crippen molar-refractivity contribution in [2.45, 2.75) is 32.4 Å². The second-order valence-electron chi connectivity index (χ2n) is 4.88. The number of rotatable bonds is 5. The first kappa shape index (κ1) is 12.9. The Hall–Kier alpha value is -0.570. The minimum atomic E-state index is 0.518. The van der Waals surface area contributed by atoms with Gasteiger partial charge in [0.1, 0.15) is 0 Å². The molecule has 0 amide bonds. The molecule has 1 aromatic rings. The van der Waals surface area contributed by atoms with E-state index < -0.39 is 0 Å². The van der Waals surface area contributed by atoms with Gasteiger partial charge in [0.05, 0.1) is 0 Å². The van der Waals surface area contributed by atoms with Crippen molar-refractivity contribution in [1.82, 2.24) is 10.2 Å². The van der Waals surface area contributed by atoms with E-state index in [2.05, 4.69) is 23.2 Å². The van der Waals surface area contributed by atoms with Gasteiger partial charge in [0.25, 0.3) is 0 Å². The maximum absolute atomic E-state index is 6.13. The molecule has 0 aliphatic carbocycles. The predicted octanol–water partition coefficient (Wildman–Crippen LogP) is 2.91. The number of hydrogen-bond donors (Lipinski definition) is 1. The molecule has 1 aliphatic heterocycles. The van der Waals surface area contributed by atoms with Crippen molar-refractivity contribution in [3.63, 3.8) is 0 Å². The van der Waals surface area contributed by atoms with Gasteiger partial charge >= 0.3 is 0 Å². The SMILES string of the molecule is CC(CN1CCCC1)NCc1ccccc1Cl. The first-order chi connectivity index (χ1) is 8.25. The van der Waals surface area contributed by atoms with Crippen LogP contribution in [0, 0.1) is 0 Å². The average molecular weight is 253 g/mol. The van der Waals surface area contributed by atoms with Gasteiger partial charge in [-0.05, 0) is 44.5 Å². The van der Waals surface area contributed by atoms with Gasteiger partial charge in [0, 0.05) is 24.2 Å². The fourth-order valence-corrected chi connectivity index (χ4v) is 2.55. The van der Waals surface area contributed by atoms with Crippen LogP contribution in [0.15, 0.2) is 24.3 Å². The summed E-state index contributed by atoms with van der Waals surface area (Å²) in [5.41, 5.74) is 1.18. The minimum Gasteiger partial charge on any atom is -0.309 e. The zero-order chi connectivity index (χ0) is 12.1. The standard InChI is InChI=1S/C14H21ClN2/c1-12(11-17-8-4-5-9-17)16-10-13-6-2-3-7-14(13)15/h2-3,6-7,12,16H,4-5,8-11H2,1H3. The van der Waals surface area contributed by atoms with Crippen molar-refractivity contribution in [3.8, 4) is 0 Å². The smallest absolute Gasteiger partial charge is 0.0450 e. The van der Waals surface area contributed by atoms with Crippen molar-refractivity contribution >= 4 is 11.6 Å². The Morgan fingerprint density at radius 3 is 2.71 bits per heavy atom. The number of benzene rings is 1. The third-order valence-electron chi connectivity index (χ3n) is 3.33. The van der Waals surface area contributed by atoms with Gasteiger partial charge in [-0.1, -0.05) is 29.8 Å². The highest BCUT2D eigenvalue weighted by Crippen LogP contribution is 2.14. The maximum Gasteiger partial charge on any atom is 0.0450 e. The molecule has 1 aliphatic rings. The molecule has 0 bridgehead atoms. The molecule has 0 saturated carbocycles. The van der Waals surface area contributed by atoms with E-state index in [-0.39, 0.29) is 0 Å². The Bertz CT molecular complexity index is 348. The summed E-state index contributed by atoms with van der Waals surface area (Å²) in [6.45, 7) is 6.77. The zero-order valence-corrected chi connectivity index (χ0v) is 11.2. The summed E-state index contributed by atoms with van der Waals surface area (Å²) in [6, 6.07) is 8.55. The van der Waals surface area contributed by atoms with E-state index in [9.17, 15) is 0 Å². The van der Waals surface area contributed by atoms with Crippen molar-refractivity contribution < 1.29 is 0 Å². The molecular weight excluding hydrogens is 232 g/mol. The molecule has 1 heterocycles. The Kier molecular flexibility index (Phi) is 4.84. The monoisotopic (exact) mass is 252 g/mol. The molecule has 2 rings (SSSR count). The van der Waals surface area contributed by atoms with E-state index in [1.165, 1.54) is 31.5 Å². The molecule has 1 unspecified atom stereocenters. The zero-order valence-electron chi connectivity index (χ0n) is 10.5. The van der Waals surface area contributed by atoms with Crippen LogP contribution < -0.4 is 5.32 Å². The quantitative estimate of drug-likeness (QED) is 0.867. The van der Waals surface area contributed by atoms with Crippen molar-refractivity contribution in [1.29, 1.82) is 0 Å². The number of nitrogens with zero attached hydrogens (tertiary/aromatic N) is 1. The fraction of sp³-hybridized carbons (Fsp3) is 0.571. The second-order valence-corrected chi connectivity index (χ2v) is 5.29. The topological polar surface area (TPSA) is 15.3 Å². The van der Waals surface area contributed by atoms with Crippen LogP contribution >= 0.6 is 11.6 Å². The second kappa shape index (κ2) is 6.39. The molecule has 1 saturated heterocycles. The highest BCUT2D eigenvalue weighted by Gasteiger charge is 2.14. The van der Waals surface area contributed by atoms with Crippen LogP contribution in [0.1, 0.15) is 25.3 Å². The molecule has 1 atom stereocenters. The summed E-state index contributed by atoms with van der Waals surface area (Å²) < 4.78 is 0.